The highest BCUT2D eigenvalue weighted by molar-refractivity contribution is 7.91. The molecule has 0 atom stereocenters. The van der Waals surface area contributed by atoms with E-state index < -0.39 is 9.84 Å². The first-order chi connectivity index (χ1) is 11.9. The summed E-state index contributed by atoms with van der Waals surface area (Å²) in [6.07, 6.45) is 4.05. The molecule has 0 unspecified atom stereocenters. The minimum Gasteiger partial charge on any atom is -0.380 e. The molecule has 0 aliphatic heterocycles. The molecular formula is C19H23NO4S. The molecule has 1 saturated carbocycles. The molecule has 25 heavy (non-hydrogen) atoms. The Morgan fingerprint density at radius 2 is 1.92 bits per heavy atom. The predicted molar refractivity (Wildman–Crippen MR) is 97.5 cm³/mol. The van der Waals surface area contributed by atoms with Crippen molar-refractivity contribution >= 4 is 9.84 Å². The third kappa shape index (κ3) is 4.19. The van der Waals surface area contributed by atoms with Gasteiger partial charge in [0.1, 0.15) is 0 Å². The van der Waals surface area contributed by atoms with E-state index in [4.69, 9.17) is 4.74 Å². The summed E-state index contributed by atoms with van der Waals surface area (Å²) in [7, 11) is -1.81. The van der Waals surface area contributed by atoms with Gasteiger partial charge in [-0.05, 0) is 37.3 Å². The van der Waals surface area contributed by atoms with Crippen LogP contribution in [0, 0.1) is 12.8 Å². The molecule has 3 rings (SSSR count). The van der Waals surface area contributed by atoms with Crippen LogP contribution in [0.3, 0.4) is 0 Å². The number of aromatic nitrogens is 1. The van der Waals surface area contributed by atoms with Crippen LogP contribution in [0.1, 0.15) is 18.4 Å². The van der Waals surface area contributed by atoms with Gasteiger partial charge in [-0.3, -0.25) is 4.79 Å². The number of rotatable bonds is 7. The van der Waals surface area contributed by atoms with Crippen molar-refractivity contribution in [2.45, 2.75) is 24.7 Å². The number of hydrogen-bond acceptors (Lipinski definition) is 4. The second-order valence-electron chi connectivity index (χ2n) is 6.65. The molecular weight excluding hydrogens is 338 g/mol. The molecule has 134 valence electrons. The van der Waals surface area contributed by atoms with Crippen molar-refractivity contribution in [3.8, 4) is 11.1 Å². The first kappa shape index (κ1) is 17.9. The summed E-state index contributed by atoms with van der Waals surface area (Å²) in [5, 5.41) is 0. The van der Waals surface area contributed by atoms with Gasteiger partial charge in [0.05, 0.1) is 17.3 Å². The molecule has 1 aromatic heterocycles. The average molecular weight is 361 g/mol. The maximum atomic E-state index is 12.8. The number of ether oxygens (including phenoxy) is 1. The SMILES string of the molecule is Cc1cc(=O)n(C)cc1-c1ccccc1S(=O)(=O)CCOCC1CC1. The number of pyridine rings is 1. The quantitative estimate of drug-likeness (QED) is 0.711. The number of hydrogen-bond donors (Lipinski definition) is 0. The zero-order valence-corrected chi connectivity index (χ0v) is 15.4. The third-order valence-corrected chi connectivity index (χ3v) is 6.22. The number of aryl methyl sites for hydroxylation is 2. The van der Waals surface area contributed by atoms with Crippen LogP contribution >= 0.6 is 0 Å². The van der Waals surface area contributed by atoms with Crippen LogP contribution in [0.4, 0.5) is 0 Å². The molecule has 1 aliphatic rings. The van der Waals surface area contributed by atoms with Gasteiger partial charge in [-0.1, -0.05) is 18.2 Å². The van der Waals surface area contributed by atoms with E-state index in [-0.39, 0.29) is 22.8 Å². The van der Waals surface area contributed by atoms with E-state index in [2.05, 4.69) is 0 Å². The molecule has 2 aromatic rings. The highest BCUT2D eigenvalue weighted by Crippen LogP contribution is 2.30. The van der Waals surface area contributed by atoms with Crippen LogP contribution < -0.4 is 5.56 Å². The summed E-state index contributed by atoms with van der Waals surface area (Å²) < 4.78 is 32.6. The summed E-state index contributed by atoms with van der Waals surface area (Å²) in [5.74, 6) is 0.574. The van der Waals surface area contributed by atoms with Gasteiger partial charge in [-0.15, -0.1) is 0 Å². The number of nitrogens with zero attached hydrogens (tertiary/aromatic N) is 1. The minimum atomic E-state index is -3.47. The lowest BCUT2D eigenvalue weighted by Crippen LogP contribution is -2.17. The van der Waals surface area contributed by atoms with Crippen molar-refractivity contribution in [2.24, 2.45) is 13.0 Å². The fourth-order valence-electron chi connectivity index (χ4n) is 2.78. The highest BCUT2D eigenvalue weighted by atomic mass is 32.2. The topological polar surface area (TPSA) is 65.4 Å². The van der Waals surface area contributed by atoms with Gasteiger partial charge in [0.15, 0.2) is 9.84 Å². The van der Waals surface area contributed by atoms with Crippen molar-refractivity contribution < 1.29 is 13.2 Å². The lowest BCUT2D eigenvalue weighted by atomic mass is 10.0. The second kappa shape index (κ2) is 7.14. The molecule has 1 fully saturated rings. The molecule has 1 heterocycles. The molecule has 0 bridgehead atoms. The molecule has 1 aliphatic carbocycles. The molecule has 6 heteroatoms. The van der Waals surface area contributed by atoms with E-state index in [0.29, 0.717) is 18.1 Å². The zero-order valence-electron chi connectivity index (χ0n) is 14.6. The van der Waals surface area contributed by atoms with Crippen molar-refractivity contribution in [1.82, 2.24) is 4.57 Å². The zero-order chi connectivity index (χ0) is 18.0. The van der Waals surface area contributed by atoms with E-state index in [1.165, 1.54) is 23.5 Å². The lowest BCUT2D eigenvalue weighted by Gasteiger charge is -2.14. The average Bonchev–Trinajstić information content (AvgIpc) is 3.39. The fraction of sp³-hybridized carbons (Fsp3) is 0.421. The van der Waals surface area contributed by atoms with Crippen molar-refractivity contribution in [3.63, 3.8) is 0 Å². The van der Waals surface area contributed by atoms with Gasteiger partial charge < -0.3 is 9.30 Å². The van der Waals surface area contributed by atoms with Gasteiger partial charge in [0.25, 0.3) is 5.56 Å². The number of sulfone groups is 1. The number of benzene rings is 1. The molecule has 0 radical (unpaired) electrons. The fourth-order valence-corrected chi connectivity index (χ4v) is 4.14. The Labute approximate surface area is 148 Å². The van der Waals surface area contributed by atoms with Gasteiger partial charge in [-0.2, -0.15) is 0 Å². The Morgan fingerprint density at radius 1 is 1.20 bits per heavy atom. The monoisotopic (exact) mass is 361 g/mol. The minimum absolute atomic E-state index is 0.0401. The molecule has 1 aromatic carbocycles. The standard InChI is InChI=1S/C19H23NO4S/c1-14-11-19(21)20(2)12-17(14)16-5-3-4-6-18(16)25(22,23)10-9-24-13-15-7-8-15/h3-6,11-12,15H,7-10,13H2,1-2H3. The second-order valence-corrected chi connectivity index (χ2v) is 8.73. The normalized spacial score (nSPS) is 14.6. The predicted octanol–water partition coefficient (Wildman–Crippen LogP) is 2.56. The molecule has 0 spiro atoms. The van der Waals surface area contributed by atoms with E-state index in [1.54, 1.807) is 31.4 Å². The maximum Gasteiger partial charge on any atom is 0.250 e. The van der Waals surface area contributed by atoms with Crippen LogP contribution in [-0.2, 0) is 21.6 Å². The molecule has 0 amide bonds. The van der Waals surface area contributed by atoms with Crippen molar-refractivity contribution in [2.75, 3.05) is 19.0 Å². The van der Waals surface area contributed by atoms with Gasteiger partial charge >= 0.3 is 0 Å². The van der Waals surface area contributed by atoms with E-state index in [0.717, 1.165) is 11.1 Å². The largest absolute Gasteiger partial charge is 0.380 e. The van der Waals surface area contributed by atoms with E-state index >= 15 is 0 Å². The lowest BCUT2D eigenvalue weighted by molar-refractivity contribution is 0.138. The van der Waals surface area contributed by atoms with Crippen LogP contribution in [0.5, 0.6) is 0 Å². The highest BCUT2D eigenvalue weighted by Gasteiger charge is 2.23. The maximum absolute atomic E-state index is 12.8. The Morgan fingerprint density at radius 3 is 2.64 bits per heavy atom. The van der Waals surface area contributed by atoms with E-state index in [1.807, 2.05) is 13.0 Å². The Balaban J connectivity index is 1.89. The van der Waals surface area contributed by atoms with Gasteiger partial charge in [-0.25, -0.2) is 8.42 Å². The van der Waals surface area contributed by atoms with Crippen LogP contribution in [0.25, 0.3) is 11.1 Å². The Hall–Kier alpha value is -1.92. The van der Waals surface area contributed by atoms with Crippen molar-refractivity contribution in [3.05, 3.63) is 52.4 Å². The smallest absolute Gasteiger partial charge is 0.250 e. The third-order valence-electron chi connectivity index (χ3n) is 4.49. The Bertz CT molecular complexity index is 927. The molecule has 0 saturated heterocycles. The van der Waals surface area contributed by atoms with Crippen LogP contribution in [0.2, 0.25) is 0 Å². The van der Waals surface area contributed by atoms with Crippen LogP contribution in [0.15, 0.2) is 46.2 Å². The summed E-state index contributed by atoms with van der Waals surface area (Å²) >= 11 is 0. The Kier molecular flexibility index (Phi) is 5.11. The summed E-state index contributed by atoms with van der Waals surface area (Å²) in [6, 6.07) is 8.46. The summed E-state index contributed by atoms with van der Waals surface area (Å²) in [6.45, 7) is 2.68. The van der Waals surface area contributed by atoms with Crippen LogP contribution in [-0.4, -0.2) is 32.0 Å². The first-order valence-electron chi connectivity index (χ1n) is 8.45. The van der Waals surface area contributed by atoms with Crippen molar-refractivity contribution in [1.29, 1.82) is 0 Å². The molecule has 0 N–H and O–H groups in total. The summed E-state index contributed by atoms with van der Waals surface area (Å²) in [5.41, 5.74) is 2.02. The van der Waals surface area contributed by atoms with Gasteiger partial charge in [0, 0.05) is 37.0 Å². The summed E-state index contributed by atoms with van der Waals surface area (Å²) in [4.78, 5) is 12.1. The first-order valence-corrected chi connectivity index (χ1v) is 10.1. The van der Waals surface area contributed by atoms with E-state index in [9.17, 15) is 13.2 Å². The van der Waals surface area contributed by atoms with Gasteiger partial charge in [0.2, 0.25) is 0 Å². The molecule has 5 nitrogen and oxygen atoms in total.